The molecule has 9 heteroatoms. The van der Waals surface area contributed by atoms with E-state index in [0.717, 1.165) is 17.5 Å². The first-order valence-corrected chi connectivity index (χ1v) is 10.8. The summed E-state index contributed by atoms with van der Waals surface area (Å²) in [5, 5.41) is 12.6. The maximum absolute atomic E-state index is 13.0. The molecule has 0 aliphatic rings. The van der Waals surface area contributed by atoms with E-state index in [0.29, 0.717) is 35.7 Å². The zero-order chi connectivity index (χ0) is 21.3. The standard InChI is InChI=1S/C21H22ClFN4O2S/c1-29-12-4-11-27-20(17-5-2-3-6-18(17)22)25-26-21(27)30-14-19(28)24-13-15-7-9-16(23)10-8-15/h2-3,5-10H,4,11-14H2,1H3,(H,24,28). The van der Waals surface area contributed by atoms with Gasteiger partial charge in [0.05, 0.1) is 10.8 Å². The number of thioether (sulfide) groups is 1. The number of carbonyl (C=O) groups is 1. The highest BCUT2D eigenvalue weighted by Gasteiger charge is 2.17. The van der Waals surface area contributed by atoms with Gasteiger partial charge in [-0.25, -0.2) is 4.39 Å². The molecular formula is C21H22ClFN4O2S. The van der Waals surface area contributed by atoms with Crippen molar-refractivity contribution in [2.24, 2.45) is 0 Å². The van der Waals surface area contributed by atoms with Crippen LogP contribution < -0.4 is 5.32 Å². The van der Waals surface area contributed by atoms with Gasteiger partial charge in [-0.05, 0) is 36.2 Å². The van der Waals surface area contributed by atoms with E-state index < -0.39 is 0 Å². The summed E-state index contributed by atoms with van der Waals surface area (Å²) >= 11 is 7.64. The van der Waals surface area contributed by atoms with Crippen LogP contribution in [0.25, 0.3) is 11.4 Å². The van der Waals surface area contributed by atoms with E-state index in [1.165, 1.54) is 23.9 Å². The van der Waals surface area contributed by atoms with Crippen molar-refractivity contribution in [3.05, 3.63) is 64.9 Å². The molecule has 6 nitrogen and oxygen atoms in total. The molecule has 0 aliphatic heterocycles. The SMILES string of the molecule is COCCCn1c(SCC(=O)NCc2ccc(F)cc2)nnc1-c1ccccc1Cl. The second-order valence-electron chi connectivity index (χ2n) is 6.48. The van der Waals surface area contributed by atoms with Gasteiger partial charge < -0.3 is 14.6 Å². The van der Waals surface area contributed by atoms with Gasteiger partial charge in [0.2, 0.25) is 5.91 Å². The Kier molecular flexibility index (Phi) is 8.24. The molecule has 0 unspecified atom stereocenters. The molecule has 0 fully saturated rings. The van der Waals surface area contributed by atoms with Crippen molar-refractivity contribution < 1.29 is 13.9 Å². The molecule has 0 spiro atoms. The van der Waals surface area contributed by atoms with Crippen LogP contribution in [0.4, 0.5) is 4.39 Å². The molecule has 30 heavy (non-hydrogen) atoms. The number of rotatable bonds is 10. The van der Waals surface area contributed by atoms with Crippen molar-refractivity contribution in [1.82, 2.24) is 20.1 Å². The van der Waals surface area contributed by atoms with E-state index in [4.69, 9.17) is 16.3 Å². The van der Waals surface area contributed by atoms with E-state index in [2.05, 4.69) is 15.5 Å². The molecule has 158 valence electrons. The molecule has 3 rings (SSSR count). The number of nitrogens with one attached hydrogen (secondary N) is 1. The maximum atomic E-state index is 13.0. The van der Waals surface area contributed by atoms with Gasteiger partial charge in [0, 0.05) is 32.4 Å². The Bertz CT molecular complexity index is 981. The van der Waals surface area contributed by atoms with Crippen LogP contribution in [0.3, 0.4) is 0 Å². The van der Waals surface area contributed by atoms with Crippen LogP contribution in [0, 0.1) is 5.82 Å². The molecular weight excluding hydrogens is 427 g/mol. The topological polar surface area (TPSA) is 69.0 Å². The molecule has 0 aliphatic carbocycles. The normalized spacial score (nSPS) is 10.9. The Labute approximate surface area is 183 Å². The molecule has 1 heterocycles. The summed E-state index contributed by atoms with van der Waals surface area (Å²) in [7, 11) is 1.66. The minimum Gasteiger partial charge on any atom is -0.385 e. The quantitative estimate of drug-likeness (QED) is 0.372. The first kappa shape index (κ1) is 22.3. The maximum Gasteiger partial charge on any atom is 0.230 e. The third kappa shape index (κ3) is 6.04. The number of nitrogens with zero attached hydrogens (tertiary/aromatic N) is 3. The summed E-state index contributed by atoms with van der Waals surface area (Å²) in [5.41, 5.74) is 1.62. The van der Waals surface area contributed by atoms with E-state index in [1.807, 2.05) is 22.8 Å². The molecule has 1 aromatic heterocycles. The van der Waals surface area contributed by atoms with Crippen LogP contribution in [0.2, 0.25) is 5.02 Å². The lowest BCUT2D eigenvalue weighted by molar-refractivity contribution is -0.118. The molecule has 0 bridgehead atoms. The fourth-order valence-electron chi connectivity index (χ4n) is 2.79. The van der Waals surface area contributed by atoms with Crippen molar-refractivity contribution in [3.8, 4) is 11.4 Å². The van der Waals surface area contributed by atoms with Gasteiger partial charge in [-0.1, -0.05) is 47.6 Å². The number of methoxy groups -OCH3 is 1. The van der Waals surface area contributed by atoms with Crippen LogP contribution >= 0.6 is 23.4 Å². The molecule has 0 saturated carbocycles. The van der Waals surface area contributed by atoms with Gasteiger partial charge in [0.25, 0.3) is 0 Å². The number of carbonyl (C=O) groups excluding carboxylic acids is 1. The largest absolute Gasteiger partial charge is 0.385 e. The van der Waals surface area contributed by atoms with Crippen LogP contribution in [0.5, 0.6) is 0 Å². The Hall–Kier alpha value is -2.42. The number of halogens is 2. The summed E-state index contributed by atoms with van der Waals surface area (Å²) < 4.78 is 20.1. The summed E-state index contributed by atoms with van der Waals surface area (Å²) in [6.45, 7) is 1.58. The minimum absolute atomic E-state index is 0.143. The smallest absolute Gasteiger partial charge is 0.230 e. The zero-order valence-electron chi connectivity index (χ0n) is 16.5. The first-order chi connectivity index (χ1) is 14.6. The van der Waals surface area contributed by atoms with Crippen LogP contribution in [-0.2, 0) is 22.6 Å². The molecule has 1 N–H and O–H groups in total. The van der Waals surface area contributed by atoms with Gasteiger partial charge in [0.15, 0.2) is 11.0 Å². The predicted molar refractivity (Wildman–Crippen MR) is 116 cm³/mol. The van der Waals surface area contributed by atoms with Crippen molar-refractivity contribution in [3.63, 3.8) is 0 Å². The molecule has 2 aromatic carbocycles. The monoisotopic (exact) mass is 448 g/mol. The highest BCUT2D eigenvalue weighted by atomic mass is 35.5. The summed E-state index contributed by atoms with van der Waals surface area (Å²) in [6, 6.07) is 13.5. The van der Waals surface area contributed by atoms with Crippen molar-refractivity contribution >= 4 is 29.3 Å². The van der Waals surface area contributed by atoms with Gasteiger partial charge in [0.1, 0.15) is 5.82 Å². The van der Waals surface area contributed by atoms with Crippen molar-refractivity contribution in [2.45, 2.75) is 24.7 Å². The number of hydrogen-bond donors (Lipinski definition) is 1. The lowest BCUT2D eigenvalue weighted by atomic mass is 10.2. The molecule has 0 radical (unpaired) electrons. The number of benzene rings is 2. The fraction of sp³-hybridized carbons (Fsp3) is 0.286. The van der Waals surface area contributed by atoms with E-state index in [1.54, 1.807) is 25.3 Å². The van der Waals surface area contributed by atoms with Crippen LogP contribution in [0.1, 0.15) is 12.0 Å². The van der Waals surface area contributed by atoms with Gasteiger partial charge >= 0.3 is 0 Å². The third-order valence-electron chi connectivity index (χ3n) is 4.30. The minimum atomic E-state index is -0.303. The first-order valence-electron chi connectivity index (χ1n) is 9.39. The Morgan fingerprint density at radius 3 is 2.70 bits per heavy atom. The predicted octanol–water partition coefficient (Wildman–Crippen LogP) is 4.18. The molecule has 3 aromatic rings. The van der Waals surface area contributed by atoms with Gasteiger partial charge in [-0.2, -0.15) is 0 Å². The van der Waals surface area contributed by atoms with Crippen LogP contribution in [-0.4, -0.2) is 40.1 Å². The lowest BCUT2D eigenvalue weighted by Gasteiger charge is -2.11. The average molecular weight is 449 g/mol. The zero-order valence-corrected chi connectivity index (χ0v) is 18.0. The highest BCUT2D eigenvalue weighted by molar-refractivity contribution is 7.99. The van der Waals surface area contributed by atoms with Crippen LogP contribution in [0.15, 0.2) is 53.7 Å². The second-order valence-corrected chi connectivity index (χ2v) is 7.83. The lowest BCUT2D eigenvalue weighted by Crippen LogP contribution is -2.24. The summed E-state index contributed by atoms with van der Waals surface area (Å²) in [6.07, 6.45) is 0.774. The summed E-state index contributed by atoms with van der Waals surface area (Å²) in [4.78, 5) is 12.3. The molecule has 1 amide bonds. The Balaban J connectivity index is 1.66. The average Bonchev–Trinajstić information content (AvgIpc) is 3.15. The molecule has 0 saturated heterocycles. The number of amides is 1. The van der Waals surface area contributed by atoms with E-state index >= 15 is 0 Å². The Morgan fingerprint density at radius 1 is 1.20 bits per heavy atom. The fourth-order valence-corrected chi connectivity index (χ4v) is 3.80. The number of hydrogen-bond acceptors (Lipinski definition) is 5. The highest BCUT2D eigenvalue weighted by Crippen LogP contribution is 2.29. The van der Waals surface area contributed by atoms with Crippen molar-refractivity contribution in [1.29, 1.82) is 0 Å². The Morgan fingerprint density at radius 2 is 1.97 bits per heavy atom. The van der Waals surface area contributed by atoms with Crippen molar-refractivity contribution in [2.75, 3.05) is 19.5 Å². The number of ether oxygens (including phenoxy) is 1. The second kappa shape index (κ2) is 11.1. The molecule has 0 atom stereocenters. The summed E-state index contributed by atoms with van der Waals surface area (Å²) in [5.74, 6) is 0.398. The van der Waals surface area contributed by atoms with E-state index in [9.17, 15) is 9.18 Å². The van der Waals surface area contributed by atoms with Gasteiger partial charge in [-0.3, -0.25) is 4.79 Å². The third-order valence-corrected chi connectivity index (χ3v) is 5.59. The van der Waals surface area contributed by atoms with Gasteiger partial charge in [-0.15, -0.1) is 10.2 Å². The number of aromatic nitrogens is 3. The van der Waals surface area contributed by atoms with E-state index in [-0.39, 0.29) is 17.5 Å².